The summed E-state index contributed by atoms with van der Waals surface area (Å²) in [6.45, 7) is 7.10. The van der Waals surface area contributed by atoms with Gasteiger partial charge in [-0.2, -0.15) is 21.0 Å². The molecule has 332 valence electrons. The Hall–Kier alpha value is -5.90. The van der Waals surface area contributed by atoms with Gasteiger partial charge in [0.25, 0.3) is 21.7 Å². The zero-order valence-corrected chi connectivity index (χ0v) is 40.5. The monoisotopic (exact) mass is 919 g/mol. The number of carbonyl (C=O) groups excluding carboxylic acids is 3. The topological polar surface area (TPSA) is 169 Å². The Labute approximate surface area is 405 Å². The van der Waals surface area contributed by atoms with Crippen LogP contribution < -0.4 is 48.9 Å². The molecule has 1 fully saturated rings. The van der Waals surface area contributed by atoms with E-state index in [9.17, 15) is 27.9 Å². The van der Waals surface area contributed by atoms with Gasteiger partial charge >= 0.3 is 35.7 Å². The zero-order chi connectivity index (χ0) is 47.3. The standard InChI is InChI=1S/C14H14O.C13H12O2.C12H11NO5.C7H8O.C2H5O2S.CH4S.Na/c1-12-7-9-14(10-8-12)15-11-13-5-3-2-4-6-13;14-12-6-8-13(9-7-12)15-10-11-4-2-1-3-5-11;1-8-2-4-9(5-3-8)17-12(16)18-13-10(14)6-7-11(13)15;1-6-2-4-7(8)5-3-6;1-5(2,3)4;1-2;/h2-10H,11H2,1H3;1-9,14H,10H2;2-5H,6-7H2,1H3;2-5,8H,1H3;1H2,2H3;2H,1H3;/q;;;;+1;;+1/p-1/i/hD. The van der Waals surface area contributed by atoms with Crippen LogP contribution in [0.5, 0.6) is 28.7 Å². The van der Waals surface area contributed by atoms with Crippen LogP contribution in [0.2, 0.25) is 0 Å². The third-order valence-corrected chi connectivity index (χ3v) is 7.77. The van der Waals surface area contributed by atoms with E-state index >= 15 is 0 Å². The van der Waals surface area contributed by atoms with Crippen LogP contribution in [0, 0.1) is 27.0 Å². The van der Waals surface area contributed by atoms with Crippen LogP contribution >= 0.6 is 12.5 Å². The second-order valence-electron chi connectivity index (χ2n) is 13.4. The molecule has 1 saturated heterocycles. The molecule has 0 spiro atoms. The van der Waals surface area contributed by atoms with E-state index in [4.69, 9.17) is 20.4 Å². The average Bonchev–Trinajstić information content (AvgIpc) is 3.58. The van der Waals surface area contributed by atoms with Crippen molar-refractivity contribution >= 4 is 40.3 Å². The van der Waals surface area contributed by atoms with E-state index in [0.29, 0.717) is 24.0 Å². The van der Waals surface area contributed by atoms with Crippen molar-refractivity contribution in [3.63, 3.8) is 0 Å². The summed E-state index contributed by atoms with van der Waals surface area (Å²) in [4.78, 5) is 38.3. The van der Waals surface area contributed by atoms with Crippen LogP contribution in [0.4, 0.5) is 4.79 Å². The number of carbonyl (C=O) groups is 3. The van der Waals surface area contributed by atoms with Gasteiger partial charge in [0.1, 0.15) is 37.3 Å². The van der Waals surface area contributed by atoms with Gasteiger partial charge in [0, 0.05) is 12.8 Å². The first-order valence-corrected chi connectivity index (χ1v) is 22.1. The van der Waals surface area contributed by atoms with Crippen molar-refractivity contribution in [2.24, 2.45) is 0 Å². The average molecular weight is 920 g/mol. The van der Waals surface area contributed by atoms with Gasteiger partial charge in [-0.05, 0) is 86.7 Å². The number of phenolic OH excluding ortho intramolecular Hbond substituents is 1. The fraction of sp³-hybridized carbons (Fsp3) is 0.184. The molecule has 1 N–H and O–H groups in total. The summed E-state index contributed by atoms with van der Waals surface area (Å²) in [5.41, 5.74) is 5.74. The summed E-state index contributed by atoms with van der Waals surface area (Å²) in [5, 5.41) is 20.0. The van der Waals surface area contributed by atoms with Crippen molar-refractivity contribution in [1.29, 1.82) is 1.12 Å². The summed E-state index contributed by atoms with van der Waals surface area (Å²) in [6.07, 6.45) is 4.50. The maximum atomic E-state index is 11.4. The van der Waals surface area contributed by atoms with E-state index in [1.54, 1.807) is 54.8 Å². The Kier molecular flexibility index (Phi) is 26.3. The van der Waals surface area contributed by atoms with Gasteiger partial charge in [-0.1, -0.05) is 131 Å². The molecule has 12 nitrogen and oxygen atoms in total. The maximum absolute atomic E-state index is 11.4. The van der Waals surface area contributed by atoms with E-state index in [0.717, 1.165) is 41.4 Å². The largest absolute Gasteiger partial charge is 1.00 e. The molecule has 0 radical (unpaired) electrons. The molecule has 0 saturated carbocycles. The molecule has 6 aromatic carbocycles. The number of phenols is 1. The number of hydrogen-bond acceptors (Lipinski definition) is 12. The van der Waals surface area contributed by atoms with Gasteiger partial charge in [0.15, 0.2) is 6.26 Å². The molecule has 1 aliphatic heterocycles. The van der Waals surface area contributed by atoms with Crippen LogP contribution in [0.25, 0.3) is 0 Å². The Bertz CT molecular complexity index is 2230. The van der Waals surface area contributed by atoms with Crippen LogP contribution in [-0.4, -0.2) is 50.2 Å². The number of hydrogen-bond donors (Lipinski definition) is 2. The quantitative estimate of drug-likeness (QED) is 0.0424. The minimum atomic E-state index is -2.92. The van der Waals surface area contributed by atoms with E-state index in [-0.39, 0.29) is 53.9 Å². The van der Waals surface area contributed by atoms with Crippen LogP contribution in [0.3, 0.4) is 0 Å². The molecule has 1 heterocycles. The minimum absolute atomic E-state index is 0. The Morgan fingerprint density at radius 1 is 0.672 bits per heavy atom. The molecule has 64 heavy (non-hydrogen) atoms. The van der Waals surface area contributed by atoms with Crippen molar-refractivity contribution in [1.82, 2.24) is 5.06 Å². The number of imide groups is 1. The molecule has 0 unspecified atom stereocenters. The molecular weight excluding hydrogens is 866 g/mol. The fourth-order valence-corrected chi connectivity index (χ4v) is 4.65. The first-order valence-electron chi connectivity index (χ1n) is 19.6. The smallest absolute Gasteiger partial charge is 0.872 e. The first-order chi connectivity index (χ1) is 30.4. The maximum Gasteiger partial charge on any atom is 1.00 e. The van der Waals surface area contributed by atoms with Gasteiger partial charge in [-0.15, -0.1) is 5.75 Å². The SMILES string of the molecule is Cc1ccc(O)cc1.Cc1ccc(OC(=O)ON2C(=O)CCC2=O)cc1.Cc1ccc(OCc2ccccc2)cc1.[2H]SC.[CH2+]S(C)(=O)=O.[Na+].[O-]c1ccc(OCc2ccccc2)cc1. The summed E-state index contributed by atoms with van der Waals surface area (Å²) < 4.78 is 41.1. The number of rotatable bonds is 8. The Balaban J connectivity index is 0.000000417. The molecule has 0 aromatic heterocycles. The number of benzene rings is 6. The minimum Gasteiger partial charge on any atom is -0.872 e. The molecule has 1 aliphatic rings. The number of ether oxygens (including phenoxy) is 3. The first kappa shape index (κ1) is 54.2. The predicted molar refractivity (Wildman–Crippen MR) is 246 cm³/mol. The molecule has 7 rings (SSSR count). The molecule has 0 bridgehead atoms. The van der Waals surface area contributed by atoms with Gasteiger partial charge in [-0.25, -0.2) is 4.79 Å². The van der Waals surface area contributed by atoms with E-state index in [2.05, 4.69) is 42.3 Å². The summed E-state index contributed by atoms with van der Waals surface area (Å²) >= 11 is 1.000. The van der Waals surface area contributed by atoms with Gasteiger partial charge < -0.3 is 24.4 Å². The normalized spacial score (nSPS) is 11.1. The van der Waals surface area contributed by atoms with Crippen LogP contribution in [-0.2, 0) is 37.5 Å². The molecular formula is C49H53NNaO11S2+. The van der Waals surface area contributed by atoms with Crippen molar-refractivity contribution in [3.05, 3.63) is 192 Å². The number of hydroxylamine groups is 2. The summed E-state index contributed by atoms with van der Waals surface area (Å²) in [7, 11) is -2.92. The van der Waals surface area contributed by atoms with Crippen molar-refractivity contribution in [2.75, 3.05) is 12.5 Å². The van der Waals surface area contributed by atoms with Crippen LogP contribution in [0.1, 0.15) is 40.7 Å². The summed E-state index contributed by atoms with van der Waals surface area (Å²) in [6, 6.07) is 48.4. The molecule has 2 amide bonds. The van der Waals surface area contributed by atoms with E-state index in [1.807, 2.05) is 86.6 Å². The number of thiol groups is 1. The zero-order valence-electron chi connectivity index (χ0n) is 37.8. The molecule has 6 aromatic rings. The van der Waals surface area contributed by atoms with Gasteiger partial charge in [0.2, 0.25) is 0 Å². The summed E-state index contributed by atoms with van der Waals surface area (Å²) in [5.74, 6) is 1.17. The Morgan fingerprint density at radius 2 is 1.00 bits per heavy atom. The number of aryl methyl sites for hydroxylation is 3. The second-order valence-corrected chi connectivity index (χ2v) is 15.3. The van der Waals surface area contributed by atoms with E-state index < -0.39 is 27.8 Å². The molecule has 15 heteroatoms. The number of sulfone groups is 1. The number of amides is 2. The Morgan fingerprint density at radius 3 is 1.36 bits per heavy atom. The fourth-order valence-electron chi connectivity index (χ4n) is 4.65. The van der Waals surface area contributed by atoms with Crippen LogP contribution in [0.15, 0.2) is 158 Å². The van der Waals surface area contributed by atoms with Gasteiger partial charge in [-0.3, -0.25) is 14.4 Å². The van der Waals surface area contributed by atoms with Crippen molar-refractivity contribution < 1.29 is 81.6 Å². The third kappa shape index (κ3) is 25.9. The third-order valence-electron chi connectivity index (χ3n) is 7.77. The van der Waals surface area contributed by atoms with Gasteiger partial charge in [0.05, 0.1) is 6.26 Å². The van der Waals surface area contributed by atoms with Crippen molar-refractivity contribution in [2.45, 2.75) is 46.8 Å². The predicted octanol–water partition coefficient (Wildman–Crippen LogP) is 6.56. The van der Waals surface area contributed by atoms with E-state index in [1.165, 1.54) is 28.8 Å². The number of aromatic hydroxyl groups is 1. The van der Waals surface area contributed by atoms with Crippen molar-refractivity contribution in [3.8, 4) is 28.7 Å². The molecule has 0 atom stereocenters. The number of nitrogens with zero attached hydrogens (tertiary/aromatic N) is 1. The molecule has 0 aliphatic carbocycles. The second kappa shape index (κ2) is 31.0.